The quantitative estimate of drug-likeness (QED) is 0.507. The predicted molar refractivity (Wildman–Crippen MR) is 124 cm³/mol. The topological polar surface area (TPSA) is 60.4 Å². The molecule has 164 valence electrons. The normalized spacial score (nSPS) is 15.3. The zero-order valence-corrected chi connectivity index (χ0v) is 18.8. The van der Waals surface area contributed by atoms with Gasteiger partial charge in [0.1, 0.15) is 17.2 Å². The molecule has 6 nitrogen and oxygen atoms in total. The lowest BCUT2D eigenvalue weighted by Gasteiger charge is -2.22. The van der Waals surface area contributed by atoms with Crippen LogP contribution in [-0.4, -0.2) is 38.0 Å². The van der Waals surface area contributed by atoms with Crippen molar-refractivity contribution < 1.29 is 19.0 Å². The number of halogens is 1. The molecule has 1 unspecified atom stereocenters. The smallest absolute Gasteiger partial charge is 0.276 e. The number of hydrazone groups is 1. The van der Waals surface area contributed by atoms with Gasteiger partial charge in [-0.2, -0.15) is 5.10 Å². The van der Waals surface area contributed by atoms with Gasteiger partial charge in [-0.3, -0.25) is 4.79 Å². The Morgan fingerprint density at radius 2 is 1.62 bits per heavy atom. The first-order chi connectivity index (χ1) is 15.5. The van der Waals surface area contributed by atoms with E-state index in [1.807, 2.05) is 42.5 Å². The monoisotopic (exact) mass is 450 g/mol. The van der Waals surface area contributed by atoms with E-state index in [0.29, 0.717) is 28.5 Å². The van der Waals surface area contributed by atoms with E-state index in [4.69, 9.17) is 30.9 Å². The van der Waals surface area contributed by atoms with Gasteiger partial charge in [-0.15, -0.1) is 0 Å². The number of carbonyl (C=O) groups excluding carboxylic acids is 1. The van der Waals surface area contributed by atoms with Crippen LogP contribution in [0.2, 0.25) is 5.02 Å². The molecule has 7 heteroatoms. The van der Waals surface area contributed by atoms with Crippen LogP contribution in [0.4, 0.5) is 0 Å². The van der Waals surface area contributed by atoms with Crippen molar-refractivity contribution in [3.8, 4) is 17.2 Å². The molecule has 0 radical (unpaired) electrons. The zero-order valence-electron chi connectivity index (χ0n) is 18.0. The Morgan fingerprint density at radius 3 is 2.28 bits per heavy atom. The summed E-state index contributed by atoms with van der Waals surface area (Å²) >= 11 is 6.32. The average Bonchev–Trinajstić information content (AvgIpc) is 3.29. The van der Waals surface area contributed by atoms with Crippen LogP contribution in [0, 0.1) is 0 Å². The molecule has 1 aliphatic heterocycles. The fraction of sp³-hybridized carbons (Fsp3) is 0.200. The minimum atomic E-state index is -0.310. The predicted octanol–water partition coefficient (Wildman–Crippen LogP) is 5.36. The van der Waals surface area contributed by atoms with Crippen LogP contribution in [0.5, 0.6) is 17.2 Å². The standard InChI is InChI=1S/C25H23ClN2O4/c1-30-17-10-8-16(9-11-17)23-15-22(20-14-18(31-2)12-13-24(20)32-3)27-28(23)25(29)19-6-4-5-7-21(19)26/h4-14,23H,15H2,1-3H3. The van der Waals surface area contributed by atoms with Gasteiger partial charge in [0.25, 0.3) is 5.91 Å². The van der Waals surface area contributed by atoms with Crippen molar-refractivity contribution in [3.63, 3.8) is 0 Å². The molecule has 1 amide bonds. The number of methoxy groups -OCH3 is 3. The molecule has 0 fully saturated rings. The minimum Gasteiger partial charge on any atom is -0.497 e. The first-order valence-electron chi connectivity index (χ1n) is 10.1. The second kappa shape index (κ2) is 9.32. The summed E-state index contributed by atoms with van der Waals surface area (Å²) < 4.78 is 16.2. The van der Waals surface area contributed by atoms with Gasteiger partial charge in [0.15, 0.2) is 0 Å². The summed E-state index contributed by atoms with van der Waals surface area (Å²) in [6.45, 7) is 0. The van der Waals surface area contributed by atoms with Gasteiger partial charge in [-0.05, 0) is 48.0 Å². The van der Waals surface area contributed by atoms with E-state index < -0.39 is 0 Å². The van der Waals surface area contributed by atoms with Crippen molar-refractivity contribution >= 4 is 23.2 Å². The molecule has 0 spiro atoms. The number of benzene rings is 3. The van der Waals surface area contributed by atoms with Gasteiger partial charge in [-0.1, -0.05) is 35.9 Å². The van der Waals surface area contributed by atoms with E-state index in [1.165, 1.54) is 5.01 Å². The second-order valence-corrected chi connectivity index (χ2v) is 7.64. The highest BCUT2D eigenvalue weighted by molar-refractivity contribution is 6.33. The summed E-state index contributed by atoms with van der Waals surface area (Å²) in [4.78, 5) is 13.5. The van der Waals surface area contributed by atoms with E-state index in [0.717, 1.165) is 22.6 Å². The highest BCUT2D eigenvalue weighted by Gasteiger charge is 2.35. The van der Waals surface area contributed by atoms with Gasteiger partial charge in [0, 0.05) is 12.0 Å². The van der Waals surface area contributed by atoms with Crippen LogP contribution in [-0.2, 0) is 0 Å². The van der Waals surface area contributed by atoms with Crippen LogP contribution < -0.4 is 14.2 Å². The highest BCUT2D eigenvalue weighted by Crippen LogP contribution is 2.38. The van der Waals surface area contributed by atoms with Crippen molar-refractivity contribution in [3.05, 3.63) is 88.4 Å². The van der Waals surface area contributed by atoms with Gasteiger partial charge < -0.3 is 14.2 Å². The Bertz CT molecular complexity index is 1160. The maximum atomic E-state index is 13.5. The molecule has 1 aliphatic rings. The van der Waals surface area contributed by atoms with E-state index in [9.17, 15) is 4.79 Å². The van der Waals surface area contributed by atoms with E-state index in [1.54, 1.807) is 45.6 Å². The number of hydrogen-bond donors (Lipinski definition) is 0. The second-order valence-electron chi connectivity index (χ2n) is 7.24. The Hall–Kier alpha value is -3.51. The third-order valence-corrected chi connectivity index (χ3v) is 5.77. The van der Waals surface area contributed by atoms with E-state index in [-0.39, 0.29) is 11.9 Å². The summed E-state index contributed by atoms with van der Waals surface area (Å²) in [5, 5.41) is 6.62. The van der Waals surface area contributed by atoms with Gasteiger partial charge >= 0.3 is 0 Å². The minimum absolute atomic E-state index is 0.270. The Kier molecular flexibility index (Phi) is 6.32. The first kappa shape index (κ1) is 21.7. The fourth-order valence-electron chi connectivity index (χ4n) is 3.74. The van der Waals surface area contributed by atoms with Crippen LogP contribution in [0.15, 0.2) is 71.8 Å². The number of nitrogens with zero attached hydrogens (tertiary/aromatic N) is 2. The summed E-state index contributed by atoms with van der Waals surface area (Å²) in [6, 6.07) is 19.8. The molecule has 0 aliphatic carbocycles. The Labute approximate surface area is 192 Å². The van der Waals surface area contributed by atoms with Crippen LogP contribution in [0.1, 0.15) is 33.9 Å². The number of amides is 1. The van der Waals surface area contributed by atoms with Crippen LogP contribution in [0.25, 0.3) is 0 Å². The van der Waals surface area contributed by atoms with Crippen LogP contribution in [0.3, 0.4) is 0 Å². The maximum absolute atomic E-state index is 13.5. The number of hydrogen-bond acceptors (Lipinski definition) is 5. The average molecular weight is 451 g/mol. The largest absolute Gasteiger partial charge is 0.497 e. The van der Waals surface area contributed by atoms with Crippen molar-refractivity contribution in [1.82, 2.24) is 5.01 Å². The zero-order chi connectivity index (χ0) is 22.7. The number of rotatable bonds is 6. The molecule has 0 saturated carbocycles. The first-order valence-corrected chi connectivity index (χ1v) is 10.5. The molecule has 1 atom stereocenters. The van der Waals surface area contributed by atoms with Crippen LogP contribution >= 0.6 is 11.6 Å². The summed E-state index contributed by atoms with van der Waals surface area (Å²) in [5.74, 6) is 1.81. The van der Waals surface area contributed by atoms with Crippen molar-refractivity contribution in [2.45, 2.75) is 12.5 Å². The van der Waals surface area contributed by atoms with Gasteiger partial charge in [-0.25, -0.2) is 5.01 Å². The van der Waals surface area contributed by atoms with Crippen molar-refractivity contribution in [2.75, 3.05) is 21.3 Å². The molecule has 0 saturated heterocycles. The number of ether oxygens (including phenoxy) is 3. The third-order valence-electron chi connectivity index (χ3n) is 5.44. The highest BCUT2D eigenvalue weighted by atomic mass is 35.5. The molecular weight excluding hydrogens is 428 g/mol. The number of carbonyl (C=O) groups is 1. The van der Waals surface area contributed by atoms with Crippen molar-refractivity contribution in [2.24, 2.45) is 5.10 Å². The molecule has 3 aromatic rings. The molecule has 4 rings (SSSR count). The maximum Gasteiger partial charge on any atom is 0.276 e. The molecule has 0 bridgehead atoms. The lowest BCUT2D eigenvalue weighted by Crippen LogP contribution is -2.27. The van der Waals surface area contributed by atoms with E-state index in [2.05, 4.69) is 0 Å². The molecule has 3 aromatic carbocycles. The third kappa shape index (κ3) is 4.14. The summed E-state index contributed by atoms with van der Waals surface area (Å²) in [7, 11) is 4.83. The van der Waals surface area contributed by atoms with Gasteiger partial charge in [0.05, 0.1) is 43.7 Å². The molecular formula is C25H23ClN2O4. The molecule has 0 N–H and O–H groups in total. The summed E-state index contributed by atoms with van der Waals surface area (Å²) in [5.41, 5.74) is 2.84. The SMILES string of the molecule is COc1ccc(C2CC(c3cc(OC)ccc3OC)=NN2C(=O)c2ccccc2Cl)cc1. The lowest BCUT2D eigenvalue weighted by molar-refractivity contribution is 0.0711. The lowest BCUT2D eigenvalue weighted by atomic mass is 9.97. The fourth-order valence-corrected chi connectivity index (χ4v) is 3.96. The molecule has 1 heterocycles. The van der Waals surface area contributed by atoms with E-state index >= 15 is 0 Å². The molecule has 32 heavy (non-hydrogen) atoms. The molecule has 0 aromatic heterocycles. The summed E-state index contributed by atoms with van der Waals surface area (Å²) in [6.07, 6.45) is 0.506. The Morgan fingerprint density at radius 1 is 0.938 bits per heavy atom. The van der Waals surface area contributed by atoms with Gasteiger partial charge in [0.2, 0.25) is 0 Å². The van der Waals surface area contributed by atoms with Crippen molar-refractivity contribution in [1.29, 1.82) is 0 Å². The Balaban J connectivity index is 1.79.